The van der Waals surface area contributed by atoms with Gasteiger partial charge in [0.15, 0.2) is 0 Å². The van der Waals surface area contributed by atoms with E-state index in [1.165, 1.54) is 16.7 Å². The Balaban J connectivity index is 1.71. The number of nitrogens with one attached hydrogen (secondary N) is 1. The van der Waals surface area contributed by atoms with Crippen molar-refractivity contribution < 1.29 is 19.1 Å². The molecule has 2 aliphatic heterocycles. The summed E-state index contributed by atoms with van der Waals surface area (Å²) in [6, 6.07) is 2.22. The summed E-state index contributed by atoms with van der Waals surface area (Å²) in [5.74, 6) is 0.365. The van der Waals surface area contributed by atoms with Gasteiger partial charge in [-0.05, 0) is 59.1 Å². The molecule has 2 atom stereocenters. The number of nitrogens with zero attached hydrogens (tertiary/aromatic N) is 3. The summed E-state index contributed by atoms with van der Waals surface area (Å²) in [5, 5.41) is 2.90. The van der Waals surface area contributed by atoms with Gasteiger partial charge in [0.05, 0.1) is 5.88 Å². The molecule has 1 aromatic rings. The average Bonchev–Trinajstić information content (AvgIpc) is 3.30. The lowest BCUT2D eigenvalue weighted by Gasteiger charge is -2.35. The Labute approximate surface area is 193 Å². The summed E-state index contributed by atoms with van der Waals surface area (Å²) >= 11 is 1.54. The topological polar surface area (TPSA) is 118 Å². The number of hydrogen-bond donors (Lipinski definition) is 2. The van der Waals surface area contributed by atoms with E-state index in [9.17, 15) is 14.4 Å². The number of aromatic nitrogens is 1. The number of nitrogens with two attached hydrogens (primary N) is 1. The zero-order valence-corrected chi connectivity index (χ0v) is 20.2. The van der Waals surface area contributed by atoms with Gasteiger partial charge >= 0.3 is 6.09 Å². The zero-order valence-electron chi connectivity index (χ0n) is 19.4. The van der Waals surface area contributed by atoms with Crippen LogP contribution >= 0.6 is 11.8 Å². The molecule has 0 aromatic carbocycles. The van der Waals surface area contributed by atoms with Gasteiger partial charge in [-0.15, -0.1) is 11.8 Å². The summed E-state index contributed by atoms with van der Waals surface area (Å²) in [6.07, 6.45) is 2.43. The van der Waals surface area contributed by atoms with Crippen LogP contribution in [-0.4, -0.2) is 67.5 Å². The number of carbonyl (C=O) groups excluding carboxylic acids is 3. The molecule has 2 fully saturated rings. The molecule has 2 saturated heterocycles. The molecular formula is C22H33N5O4S. The van der Waals surface area contributed by atoms with E-state index in [1.54, 1.807) is 44.0 Å². The normalized spacial score (nSPS) is 22.7. The predicted octanol–water partition coefficient (Wildman–Crippen LogP) is 2.36. The highest BCUT2D eigenvalue weighted by Gasteiger charge is 2.52. The lowest BCUT2D eigenvalue weighted by atomic mass is 10.00. The number of nitrogen functional groups attached to an aromatic ring is 1. The molecular weight excluding hydrogens is 430 g/mol. The molecule has 176 valence electrons. The smallest absolute Gasteiger partial charge is 0.411 e. The van der Waals surface area contributed by atoms with E-state index in [2.05, 4.69) is 10.3 Å². The highest BCUT2D eigenvalue weighted by atomic mass is 32.2. The van der Waals surface area contributed by atoms with E-state index in [1.807, 2.05) is 13.8 Å². The van der Waals surface area contributed by atoms with Crippen molar-refractivity contribution in [3.05, 3.63) is 23.9 Å². The van der Waals surface area contributed by atoms with Crippen LogP contribution in [0.4, 0.5) is 10.6 Å². The Morgan fingerprint density at radius 3 is 2.62 bits per heavy atom. The van der Waals surface area contributed by atoms with Crippen molar-refractivity contribution in [3.63, 3.8) is 0 Å². The van der Waals surface area contributed by atoms with Crippen LogP contribution in [0.1, 0.15) is 53.0 Å². The molecule has 3 amide bonds. The van der Waals surface area contributed by atoms with E-state index >= 15 is 0 Å². The molecule has 0 aliphatic carbocycles. The Morgan fingerprint density at radius 2 is 2.00 bits per heavy atom. The van der Waals surface area contributed by atoms with Crippen molar-refractivity contribution >= 4 is 35.5 Å². The average molecular weight is 464 g/mol. The Bertz CT molecular complexity index is 868. The van der Waals surface area contributed by atoms with Crippen molar-refractivity contribution in [3.8, 4) is 0 Å². The molecule has 0 unspecified atom stereocenters. The van der Waals surface area contributed by atoms with Gasteiger partial charge in [-0.1, -0.05) is 6.07 Å². The fourth-order valence-electron chi connectivity index (χ4n) is 3.98. The minimum Gasteiger partial charge on any atom is -0.444 e. The first kappa shape index (κ1) is 24.2. The number of likely N-dealkylation sites (tertiary alicyclic amines) is 1. The monoisotopic (exact) mass is 463 g/mol. The van der Waals surface area contributed by atoms with Gasteiger partial charge in [0, 0.05) is 24.0 Å². The Hall–Kier alpha value is -2.49. The molecule has 1 aromatic heterocycles. The summed E-state index contributed by atoms with van der Waals surface area (Å²) < 4.78 is 5.04. The molecule has 2 aliphatic rings. The molecule has 3 rings (SSSR count). The third-order valence-corrected chi connectivity index (χ3v) is 6.94. The van der Waals surface area contributed by atoms with Crippen LogP contribution in [0.5, 0.6) is 0 Å². The largest absolute Gasteiger partial charge is 0.444 e. The number of ether oxygens (including phenoxy) is 1. The van der Waals surface area contributed by atoms with E-state index < -0.39 is 28.5 Å². The fraction of sp³-hybridized carbons (Fsp3) is 0.636. The molecule has 0 spiro atoms. The summed E-state index contributed by atoms with van der Waals surface area (Å²) in [6.45, 7) is 10.1. The van der Waals surface area contributed by atoms with Gasteiger partial charge in [0.1, 0.15) is 23.5 Å². The molecule has 0 saturated carbocycles. The van der Waals surface area contributed by atoms with E-state index in [-0.39, 0.29) is 11.8 Å². The minimum absolute atomic E-state index is 0.208. The number of rotatable bonds is 4. The highest BCUT2D eigenvalue weighted by Crippen LogP contribution is 2.41. The van der Waals surface area contributed by atoms with Crippen LogP contribution in [-0.2, 0) is 20.9 Å². The molecule has 9 nitrogen and oxygen atoms in total. The lowest BCUT2D eigenvalue weighted by molar-refractivity contribution is -0.142. The summed E-state index contributed by atoms with van der Waals surface area (Å²) in [5.41, 5.74) is 5.77. The summed E-state index contributed by atoms with van der Waals surface area (Å²) in [7, 11) is 0. The number of thioether (sulfide) groups is 1. The molecule has 3 heterocycles. The van der Waals surface area contributed by atoms with Crippen molar-refractivity contribution in [2.45, 2.75) is 76.4 Å². The third kappa shape index (κ3) is 5.46. The maximum atomic E-state index is 13.6. The number of amides is 3. The number of carbonyl (C=O) groups is 3. The van der Waals surface area contributed by atoms with Gasteiger partial charge in [0.2, 0.25) is 11.8 Å². The SMILES string of the molecule is CC(C)(C)OC(=O)N1CSC(C)(C)[C@@H]1C(=O)N1CCC[C@H]1C(=O)NCc1ccc(N)nc1. The zero-order chi connectivity index (χ0) is 23.7. The van der Waals surface area contributed by atoms with Gasteiger partial charge in [-0.3, -0.25) is 14.5 Å². The molecule has 32 heavy (non-hydrogen) atoms. The standard InChI is InChI=1S/C22H33N5O4S/c1-21(2,3)31-20(30)27-13-32-22(4,5)17(27)19(29)26-10-6-7-15(26)18(28)25-12-14-8-9-16(23)24-11-14/h8-9,11,15,17H,6-7,10,12-13H2,1-5H3,(H2,23,24)(H,25,28)/t15-,17-/m0/s1. The molecule has 0 bridgehead atoms. The van der Waals surface area contributed by atoms with Gasteiger partial charge < -0.3 is 20.7 Å². The van der Waals surface area contributed by atoms with Crippen LogP contribution in [0.2, 0.25) is 0 Å². The summed E-state index contributed by atoms with van der Waals surface area (Å²) in [4.78, 5) is 46.5. The second-order valence-electron chi connectivity index (χ2n) is 9.73. The minimum atomic E-state index is -0.697. The lowest BCUT2D eigenvalue weighted by Crippen LogP contribution is -2.57. The molecule has 10 heteroatoms. The van der Waals surface area contributed by atoms with Crippen molar-refractivity contribution in [2.75, 3.05) is 18.2 Å². The second-order valence-corrected chi connectivity index (χ2v) is 11.3. The number of hydrogen-bond acceptors (Lipinski definition) is 7. The number of pyridine rings is 1. The first-order valence-electron chi connectivity index (χ1n) is 10.8. The second kappa shape index (κ2) is 9.17. The maximum Gasteiger partial charge on any atom is 0.411 e. The van der Waals surface area contributed by atoms with E-state index in [0.29, 0.717) is 31.2 Å². The highest BCUT2D eigenvalue weighted by molar-refractivity contribution is 8.00. The molecule has 0 radical (unpaired) electrons. The maximum absolute atomic E-state index is 13.6. The molecule has 3 N–H and O–H groups in total. The van der Waals surface area contributed by atoms with E-state index in [4.69, 9.17) is 10.5 Å². The van der Waals surface area contributed by atoms with Crippen LogP contribution in [0.25, 0.3) is 0 Å². The van der Waals surface area contributed by atoms with Crippen LogP contribution < -0.4 is 11.1 Å². The van der Waals surface area contributed by atoms with Crippen LogP contribution in [0, 0.1) is 0 Å². The van der Waals surface area contributed by atoms with E-state index in [0.717, 1.165) is 12.0 Å². The quantitative estimate of drug-likeness (QED) is 0.704. The van der Waals surface area contributed by atoms with Crippen LogP contribution in [0.15, 0.2) is 18.3 Å². The first-order chi connectivity index (χ1) is 14.9. The fourth-order valence-corrected chi connectivity index (χ4v) is 5.09. The first-order valence-corrected chi connectivity index (χ1v) is 11.8. The Kier molecular flexibility index (Phi) is 6.92. The van der Waals surface area contributed by atoms with Crippen molar-refractivity contribution in [1.82, 2.24) is 20.1 Å². The van der Waals surface area contributed by atoms with Gasteiger partial charge in [0.25, 0.3) is 0 Å². The van der Waals surface area contributed by atoms with Crippen LogP contribution in [0.3, 0.4) is 0 Å². The van der Waals surface area contributed by atoms with Gasteiger partial charge in [-0.2, -0.15) is 0 Å². The van der Waals surface area contributed by atoms with Crippen molar-refractivity contribution in [1.29, 1.82) is 0 Å². The third-order valence-electron chi connectivity index (χ3n) is 5.56. The predicted molar refractivity (Wildman–Crippen MR) is 124 cm³/mol. The Morgan fingerprint density at radius 1 is 1.28 bits per heavy atom. The van der Waals surface area contributed by atoms with Gasteiger partial charge in [-0.25, -0.2) is 9.78 Å². The van der Waals surface area contributed by atoms with Crippen molar-refractivity contribution in [2.24, 2.45) is 0 Å². The number of anilines is 1.